The van der Waals surface area contributed by atoms with E-state index in [0.717, 1.165) is 20.1 Å². The van der Waals surface area contributed by atoms with Crippen LogP contribution < -0.4 is 5.69 Å². The van der Waals surface area contributed by atoms with E-state index in [4.69, 9.17) is 0 Å². The predicted molar refractivity (Wildman–Crippen MR) is 92.0 cm³/mol. The highest BCUT2D eigenvalue weighted by Crippen LogP contribution is 2.25. The summed E-state index contributed by atoms with van der Waals surface area (Å²) in [6, 6.07) is 3.83. The lowest BCUT2D eigenvalue weighted by molar-refractivity contribution is 0.120. The average molecular weight is 378 g/mol. The largest absolute Gasteiger partial charge is 0.346 e. The summed E-state index contributed by atoms with van der Waals surface area (Å²) >= 11 is 1.59. The predicted octanol–water partition coefficient (Wildman–Crippen LogP) is 1.84. The molecule has 0 bridgehead atoms. The van der Waals surface area contributed by atoms with Crippen LogP contribution in [0.3, 0.4) is 0 Å². The Bertz CT molecular complexity index is 951. The Balaban J connectivity index is 1.47. The van der Waals surface area contributed by atoms with Crippen molar-refractivity contribution < 1.29 is 8.78 Å². The Kier molecular flexibility index (Phi) is 4.60. The first-order valence-electron chi connectivity index (χ1n) is 8.12. The third-order valence-corrected chi connectivity index (χ3v) is 5.19. The lowest BCUT2D eigenvalue weighted by Gasteiger charge is -2.25. The van der Waals surface area contributed by atoms with Crippen molar-refractivity contribution in [3.05, 3.63) is 51.9 Å². The van der Waals surface area contributed by atoms with Crippen molar-refractivity contribution in [1.82, 2.24) is 29.2 Å². The van der Waals surface area contributed by atoms with E-state index in [1.807, 2.05) is 18.3 Å². The second kappa shape index (κ2) is 7.04. The van der Waals surface area contributed by atoms with Crippen LogP contribution in [0.25, 0.3) is 10.6 Å². The van der Waals surface area contributed by atoms with Gasteiger partial charge in [-0.25, -0.2) is 23.2 Å². The fraction of sp³-hybridized carbons (Fsp3) is 0.375. The van der Waals surface area contributed by atoms with Gasteiger partial charge in [-0.05, 0) is 12.1 Å². The smallest absolute Gasteiger partial charge is 0.289 e. The minimum absolute atomic E-state index is 0.450. The quantitative estimate of drug-likeness (QED) is 0.678. The molecular formula is C16H16F2N6OS. The van der Waals surface area contributed by atoms with Gasteiger partial charge in [0.2, 0.25) is 0 Å². The molecule has 0 saturated heterocycles. The molecule has 0 saturated carbocycles. The highest BCUT2D eigenvalue weighted by atomic mass is 32.1. The highest BCUT2D eigenvalue weighted by molar-refractivity contribution is 7.15. The number of halogens is 2. The fourth-order valence-electron chi connectivity index (χ4n) is 2.96. The molecule has 0 fully saturated rings. The van der Waals surface area contributed by atoms with E-state index in [9.17, 15) is 13.6 Å². The zero-order valence-corrected chi connectivity index (χ0v) is 14.6. The molecule has 0 aliphatic carbocycles. The summed E-state index contributed by atoms with van der Waals surface area (Å²) in [5.74, 6) is 0.527. The molecule has 0 atom stereocenters. The molecule has 4 rings (SSSR count). The van der Waals surface area contributed by atoms with Gasteiger partial charge in [0.1, 0.15) is 17.4 Å². The van der Waals surface area contributed by atoms with E-state index in [0.29, 0.717) is 32.0 Å². The van der Waals surface area contributed by atoms with Crippen LogP contribution in [0, 0.1) is 0 Å². The standard InChI is InChI=1S/C16H16F2N6OS/c17-13(18)9-24-16(25)23-5-4-22(10-14(23)21-24)8-12-7-20-15(26-12)11-2-1-3-19-6-11/h1-3,6-7,13H,4-5,8-10H2. The number of thiazole rings is 1. The number of rotatable bonds is 5. The van der Waals surface area contributed by atoms with Gasteiger partial charge in [-0.1, -0.05) is 0 Å². The van der Waals surface area contributed by atoms with Crippen molar-refractivity contribution >= 4 is 11.3 Å². The molecule has 4 heterocycles. The van der Waals surface area contributed by atoms with Crippen LogP contribution in [0.1, 0.15) is 10.7 Å². The molecule has 0 spiro atoms. The average Bonchev–Trinajstić information content (AvgIpc) is 3.21. The second-order valence-electron chi connectivity index (χ2n) is 6.01. The first kappa shape index (κ1) is 17.0. The van der Waals surface area contributed by atoms with E-state index < -0.39 is 18.7 Å². The third kappa shape index (κ3) is 3.42. The first-order chi connectivity index (χ1) is 12.6. The number of fused-ring (bicyclic) bond motifs is 1. The second-order valence-corrected chi connectivity index (χ2v) is 7.12. The van der Waals surface area contributed by atoms with Crippen molar-refractivity contribution in [2.24, 2.45) is 0 Å². The van der Waals surface area contributed by atoms with Crippen molar-refractivity contribution in [1.29, 1.82) is 0 Å². The Labute approximate surface area is 151 Å². The topological polar surface area (TPSA) is 68.8 Å². The van der Waals surface area contributed by atoms with Crippen LogP contribution in [0.5, 0.6) is 0 Å². The molecule has 0 amide bonds. The normalized spacial score (nSPS) is 14.7. The SMILES string of the molecule is O=c1n(CC(F)F)nc2n1CCN(Cc1cnc(-c3cccnc3)s1)C2. The molecule has 1 aliphatic rings. The summed E-state index contributed by atoms with van der Waals surface area (Å²) < 4.78 is 27.4. The highest BCUT2D eigenvalue weighted by Gasteiger charge is 2.23. The third-order valence-electron chi connectivity index (χ3n) is 4.16. The monoisotopic (exact) mass is 378 g/mol. The number of hydrogen-bond donors (Lipinski definition) is 0. The zero-order chi connectivity index (χ0) is 18.1. The maximum absolute atomic E-state index is 12.5. The van der Waals surface area contributed by atoms with Crippen LogP contribution >= 0.6 is 11.3 Å². The van der Waals surface area contributed by atoms with Crippen LogP contribution in [-0.2, 0) is 26.2 Å². The van der Waals surface area contributed by atoms with Crippen LogP contribution in [0.4, 0.5) is 8.78 Å². The maximum atomic E-state index is 12.5. The van der Waals surface area contributed by atoms with E-state index in [-0.39, 0.29) is 0 Å². The number of nitrogens with zero attached hydrogens (tertiary/aromatic N) is 6. The Morgan fingerprint density at radius 3 is 2.92 bits per heavy atom. The van der Waals surface area contributed by atoms with Crippen LogP contribution in [-0.4, -0.2) is 42.2 Å². The number of hydrogen-bond acceptors (Lipinski definition) is 6. The van der Waals surface area contributed by atoms with Gasteiger partial charge >= 0.3 is 5.69 Å². The van der Waals surface area contributed by atoms with Gasteiger partial charge in [-0.15, -0.1) is 11.3 Å². The summed E-state index contributed by atoms with van der Waals surface area (Å²) in [5, 5.41) is 4.97. The fourth-order valence-corrected chi connectivity index (χ4v) is 3.90. The van der Waals surface area contributed by atoms with Crippen molar-refractivity contribution in [2.75, 3.05) is 6.54 Å². The van der Waals surface area contributed by atoms with Crippen molar-refractivity contribution in [3.63, 3.8) is 0 Å². The zero-order valence-electron chi connectivity index (χ0n) is 13.8. The Morgan fingerprint density at radius 1 is 1.27 bits per heavy atom. The minimum Gasteiger partial charge on any atom is -0.289 e. The van der Waals surface area contributed by atoms with Crippen molar-refractivity contribution in [2.45, 2.75) is 32.6 Å². The lowest BCUT2D eigenvalue weighted by Crippen LogP contribution is -2.37. The molecule has 3 aromatic heterocycles. The molecule has 10 heteroatoms. The van der Waals surface area contributed by atoms with E-state index in [1.54, 1.807) is 23.7 Å². The van der Waals surface area contributed by atoms with Gasteiger partial charge in [-0.3, -0.25) is 14.5 Å². The molecule has 136 valence electrons. The summed E-state index contributed by atoms with van der Waals surface area (Å²) in [5.41, 5.74) is 0.513. The summed E-state index contributed by atoms with van der Waals surface area (Å²) in [6.45, 7) is 1.57. The molecule has 7 nitrogen and oxygen atoms in total. The van der Waals surface area contributed by atoms with Crippen LogP contribution in [0.15, 0.2) is 35.5 Å². The minimum atomic E-state index is -2.59. The van der Waals surface area contributed by atoms with Gasteiger partial charge in [-0.2, -0.15) is 5.10 Å². The van der Waals surface area contributed by atoms with Gasteiger partial charge < -0.3 is 0 Å². The van der Waals surface area contributed by atoms with Gasteiger partial charge in [0.15, 0.2) is 0 Å². The number of aromatic nitrogens is 5. The van der Waals surface area contributed by atoms with Crippen molar-refractivity contribution in [3.8, 4) is 10.6 Å². The van der Waals surface area contributed by atoms with E-state index in [1.165, 1.54) is 4.57 Å². The summed E-state index contributed by atoms with van der Waals surface area (Å²) in [4.78, 5) is 23.8. The molecule has 0 aromatic carbocycles. The molecular weight excluding hydrogens is 362 g/mol. The van der Waals surface area contributed by atoms with Crippen LogP contribution in [0.2, 0.25) is 0 Å². The van der Waals surface area contributed by atoms with E-state index >= 15 is 0 Å². The summed E-state index contributed by atoms with van der Waals surface area (Å²) in [7, 11) is 0. The first-order valence-corrected chi connectivity index (χ1v) is 8.94. The molecule has 3 aromatic rings. The van der Waals surface area contributed by atoms with Gasteiger partial charge in [0, 0.05) is 48.7 Å². The molecule has 1 aliphatic heterocycles. The van der Waals surface area contributed by atoms with Gasteiger partial charge in [0.25, 0.3) is 6.43 Å². The van der Waals surface area contributed by atoms with Gasteiger partial charge in [0.05, 0.1) is 6.54 Å². The summed E-state index contributed by atoms with van der Waals surface area (Å²) in [6.07, 6.45) is 2.74. The molecule has 0 radical (unpaired) electrons. The molecule has 0 unspecified atom stereocenters. The van der Waals surface area contributed by atoms with E-state index in [2.05, 4.69) is 20.0 Å². The number of pyridine rings is 1. The maximum Gasteiger partial charge on any atom is 0.346 e. The molecule has 26 heavy (non-hydrogen) atoms. The molecule has 0 N–H and O–H groups in total. The number of alkyl halides is 2. The lowest BCUT2D eigenvalue weighted by atomic mass is 10.3. The Hall–Kier alpha value is -2.46. The Morgan fingerprint density at radius 2 is 2.15 bits per heavy atom.